The standard InChI is InChI=1S/C12H12F3N3O2/c13-12(14,15)6-20-11(19)9(16)3-7-4-18-10-1-2-17-5-8(7)10/h1-2,4-5,9,18H,3,6,16H2/t9-/m0/s1. The second kappa shape index (κ2) is 5.49. The third-order valence-corrected chi connectivity index (χ3v) is 2.69. The molecule has 3 N–H and O–H groups in total. The molecule has 0 unspecified atom stereocenters. The fourth-order valence-corrected chi connectivity index (χ4v) is 1.77. The SMILES string of the molecule is N[C@@H](Cc1c[nH]c2ccncc12)C(=O)OCC(F)(F)F. The Labute approximate surface area is 111 Å². The van der Waals surface area contributed by atoms with E-state index < -0.39 is 24.8 Å². The lowest BCUT2D eigenvalue weighted by molar-refractivity contribution is -0.187. The van der Waals surface area contributed by atoms with E-state index in [4.69, 9.17) is 5.73 Å². The largest absolute Gasteiger partial charge is 0.455 e. The average molecular weight is 287 g/mol. The van der Waals surface area contributed by atoms with Crippen LogP contribution in [0, 0.1) is 0 Å². The topological polar surface area (TPSA) is 81.0 Å². The van der Waals surface area contributed by atoms with Crippen LogP contribution in [-0.4, -0.2) is 34.8 Å². The quantitative estimate of drug-likeness (QED) is 0.836. The predicted octanol–water partition coefficient (Wildman–Crippen LogP) is 1.54. The summed E-state index contributed by atoms with van der Waals surface area (Å²) in [6.07, 6.45) is 0.348. The number of nitrogens with zero attached hydrogens (tertiary/aromatic N) is 1. The molecule has 20 heavy (non-hydrogen) atoms. The molecule has 0 bridgehead atoms. The van der Waals surface area contributed by atoms with Gasteiger partial charge in [-0.15, -0.1) is 0 Å². The Kier molecular flexibility index (Phi) is 3.93. The lowest BCUT2D eigenvalue weighted by Gasteiger charge is -2.12. The van der Waals surface area contributed by atoms with Crippen molar-refractivity contribution in [3.63, 3.8) is 0 Å². The van der Waals surface area contributed by atoms with Crippen LogP contribution in [0.15, 0.2) is 24.7 Å². The van der Waals surface area contributed by atoms with Crippen LogP contribution in [0.2, 0.25) is 0 Å². The van der Waals surface area contributed by atoms with Gasteiger partial charge in [0, 0.05) is 35.9 Å². The van der Waals surface area contributed by atoms with Crippen LogP contribution >= 0.6 is 0 Å². The number of hydrogen-bond acceptors (Lipinski definition) is 4. The molecule has 0 saturated carbocycles. The van der Waals surface area contributed by atoms with Gasteiger partial charge in [-0.25, -0.2) is 0 Å². The molecular formula is C12H12F3N3O2. The Balaban J connectivity index is 2.00. The van der Waals surface area contributed by atoms with Gasteiger partial charge in [-0.2, -0.15) is 13.2 Å². The number of ether oxygens (including phenoxy) is 1. The first-order chi connectivity index (χ1) is 9.37. The minimum absolute atomic E-state index is 0.0718. The number of hydrogen-bond donors (Lipinski definition) is 2. The molecule has 0 amide bonds. The van der Waals surface area contributed by atoms with Crippen molar-refractivity contribution in [2.45, 2.75) is 18.6 Å². The van der Waals surface area contributed by atoms with Crippen molar-refractivity contribution in [3.8, 4) is 0 Å². The minimum atomic E-state index is -4.56. The number of carbonyl (C=O) groups is 1. The number of aromatic nitrogens is 2. The highest BCUT2D eigenvalue weighted by molar-refractivity contribution is 5.83. The fourth-order valence-electron chi connectivity index (χ4n) is 1.77. The second-order valence-electron chi connectivity index (χ2n) is 4.27. The monoisotopic (exact) mass is 287 g/mol. The zero-order chi connectivity index (χ0) is 14.8. The number of rotatable bonds is 4. The maximum absolute atomic E-state index is 11.9. The molecular weight excluding hydrogens is 275 g/mol. The van der Waals surface area contributed by atoms with Gasteiger partial charge in [0.25, 0.3) is 0 Å². The van der Waals surface area contributed by atoms with E-state index in [0.717, 1.165) is 10.9 Å². The molecule has 0 saturated heterocycles. The molecule has 1 atom stereocenters. The smallest absolute Gasteiger partial charge is 0.422 e. The highest BCUT2D eigenvalue weighted by Gasteiger charge is 2.30. The van der Waals surface area contributed by atoms with Crippen molar-refractivity contribution < 1.29 is 22.7 Å². The maximum atomic E-state index is 11.9. The van der Waals surface area contributed by atoms with Gasteiger partial charge < -0.3 is 15.5 Å². The van der Waals surface area contributed by atoms with Crippen LogP contribution in [0.5, 0.6) is 0 Å². The van der Waals surface area contributed by atoms with E-state index in [1.807, 2.05) is 0 Å². The van der Waals surface area contributed by atoms with Crippen LogP contribution in [0.4, 0.5) is 13.2 Å². The number of alkyl halides is 3. The first kappa shape index (κ1) is 14.3. The Morgan fingerprint density at radius 1 is 1.50 bits per heavy atom. The molecule has 5 nitrogen and oxygen atoms in total. The summed E-state index contributed by atoms with van der Waals surface area (Å²) in [5.74, 6) is -1.08. The number of aromatic amines is 1. The first-order valence-corrected chi connectivity index (χ1v) is 5.76. The molecule has 0 aromatic carbocycles. The van der Waals surface area contributed by atoms with Gasteiger partial charge in [-0.1, -0.05) is 0 Å². The van der Waals surface area contributed by atoms with Gasteiger partial charge in [0.1, 0.15) is 6.04 Å². The molecule has 0 aliphatic rings. The molecule has 0 aliphatic heterocycles. The van der Waals surface area contributed by atoms with Gasteiger partial charge in [0.2, 0.25) is 0 Å². The predicted molar refractivity (Wildman–Crippen MR) is 64.8 cm³/mol. The lowest BCUT2D eigenvalue weighted by Crippen LogP contribution is -2.36. The molecule has 0 aliphatic carbocycles. The number of nitrogens with two attached hydrogens (primary N) is 1. The van der Waals surface area contributed by atoms with E-state index in [-0.39, 0.29) is 6.42 Å². The average Bonchev–Trinajstić information content (AvgIpc) is 2.78. The first-order valence-electron chi connectivity index (χ1n) is 5.76. The highest BCUT2D eigenvalue weighted by Crippen LogP contribution is 2.18. The molecule has 0 radical (unpaired) electrons. The van der Waals surface area contributed by atoms with Crippen LogP contribution in [0.1, 0.15) is 5.56 Å². The third kappa shape index (κ3) is 3.47. The van der Waals surface area contributed by atoms with E-state index >= 15 is 0 Å². The molecule has 2 aromatic heterocycles. The number of esters is 1. The zero-order valence-electron chi connectivity index (χ0n) is 10.3. The van der Waals surface area contributed by atoms with Gasteiger partial charge >= 0.3 is 12.1 Å². The van der Waals surface area contributed by atoms with Crippen LogP contribution in [0.25, 0.3) is 10.9 Å². The van der Waals surface area contributed by atoms with Crippen molar-refractivity contribution in [2.24, 2.45) is 5.73 Å². The van der Waals surface area contributed by atoms with Gasteiger partial charge in [0.15, 0.2) is 6.61 Å². The number of halogens is 3. The Morgan fingerprint density at radius 3 is 2.95 bits per heavy atom. The summed E-state index contributed by atoms with van der Waals surface area (Å²) in [6.45, 7) is -1.63. The lowest BCUT2D eigenvalue weighted by atomic mass is 10.1. The number of pyridine rings is 1. The Bertz CT molecular complexity index is 609. The number of nitrogens with one attached hydrogen (secondary N) is 1. The zero-order valence-corrected chi connectivity index (χ0v) is 10.3. The van der Waals surface area contributed by atoms with Gasteiger partial charge in [-0.05, 0) is 11.6 Å². The molecule has 2 rings (SSSR count). The summed E-state index contributed by atoms with van der Waals surface area (Å²) in [6, 6.07) is 0.586. The Hall–Kier alpha value is -2.09. The van der Waals surface area contributed by atoms with Crippen molar-refractivity contribution in [2.75, 3.05) is 6.61 Å². The van der Waals surface area contributed by atoms with E-state index in [1.165, 1.54) is 0 Å². The fraction of sp³-hybridized carbons (Fsp3) is 0.333. The number of carbonyl (C=O) groups excluding carboxylic acids is 1. The number of fused-ring (bicyclic) bond motifs is 1. The van der Waals surface area contributed by atoms with Crippen molar-refractivity contribution >= 4 is 16.9 Å². The second-order valence-corrected chi connectivity index (χ2v) is 4.27. The van der Waals surface area contributed by atoms with Crippen molar-refractivity contribution in [1.29, 1.82) is 0 Å². The summed E-state index contributed by atoms with van der Waals surface area (Å²) in [7, 11) is 0. The van der Waals surface area contributed by atoms with Gasteiger partial charge in [-0.3, -0.25) is 9.78 Å². The molecule has 2 heterocycles. The highest BCUT2D eigenvalue weighted by atomic mass is 19.4. The van der Waals surface area contributed by atoms with E-state index in [2.05, 4.69) is 14.7 Å². The van der Waals surface area contributed by atoms with Crippen molar-refractivity contribution in [1.82, 2.24) is 9.97 Å². The van der Waals surface area contributed by atoms with Crippen molar-refractivity contribution in [3.05, 3.63) is 30.2 Å². The summed E-state index contributed by atoms with van der Waals surface area (Å²) in [5.41, 5.74) is 7.06. The van der Waals surface area contributed by atoms with Crippen LogP contribution in [0.3, 0.4) is 0 Å². The number of H-pyrrole nitrogens is 1. The summed E-state index contributed by atoms with van der Waals surface area (Å²) < 4.78 is 39.9. The van der Waals surface area contributed by atoms with E-state index in [9.17, 15) is 18.0 Å². The summed E-state index contributed by atoms with van der Waals surface area (Å²) in [5, 5.41) is 0.770. The molecule has 108 valence electrons. The molecule has 2 aromatic rings. The summed E-state index contributed by atoms with van der Waals surface area (Å²) in [4.78, 5) is 18.3. The summed E-state index contributed by atoms with van der Waals surface area (Å²) >= 11 is 0. The van der Waals surface area contributed by atoms with Crippen LogP contribution in [-0.2, 0) is 16.0 Å². The molecule has 0 fully saturated rings. The Morgan fingerprint density at radius 2 is 2.25 bits per heavy atom. The third-order valence-electron chi connectivity index (χ3n) is 2.69. The normalized spacial score (nSPS) is 13.4. The minimum Gasteiger partial charge on any atom is -0.455 e. The van der Waals surface area contributed by atoms with Gasteiger partial charge in [0.05, 0.1) is 0 Å². The van der Waals surface area contributed by atoms with E-state index in [1.54, 1.807) is 24.7 Å². The van der Waals surface area contributed by atoms with E-state index in [0.29, 0.717) is 5.56 Å². The van der Waals surface area contributed by atoms with Crippen LogP contribution < -0.4 is 5.73 Å². The molecule has 8 heteroatoms. The maximum Gasteiger partial charge on any atom is 0.422 e. The molecule has 0 spiro atoms.